The lowest BCUT2D eigenvalue weighted by Gasteiger charge is -2.33. The molecule has 0 saturated carbocycles. The monoisotopic (exact) mass is 354 g/mol. The van der Waals surface area contributed by atoms with Crippen LogP contribution in [0.25, 0.3) is 11.3 Å². The number of hydrogen-bond acceptors (Lipinski definition) is 4. The quantitative estimate of drug-likeness (QED) is 0.895. The Morgan fingerprint density at radius 1 is 1.12 bits per heavy atom. The van der Waals surface area contributed by atoms with E-state index in [1.165, 1.54) is 12.8 Å². The van der Waals surface area contributed by atoms with Gasteiger partial charge >= 0.3 is 0 Å². The zero-order chi connectivity index (χ0) is 17.8. The molecule has 0 radical (unpaired) electrons. The first-order valence-corrected chi connectivity index (χ1v) is 9.57. The summed E-state index contributed by atoms with van der Waals surface area (Å²) in [4.78, 5) is 15.0. The molecule has 1 N–H and O–H groups in total. The maximum atomic E-state index is 12.5. The summed E-state index contributed by atoms with van der Waals surface area (Å²) >= 11 is 0. The number of piperidine rings is 1. The van der Waals surface area contributed by atoms with E-state index in [2.05, 4.69) is 10.2 Å². The lowest BCUT2D eigenvalue weighted by atomic mass is 10.0. The number of rotatable bonds is 5. The smallest absolute Gasteiger partial charge is 0.251 e. The van der Waals surface area contributed by atoms with Crippen molar-refractivity contribution in [1.29, 1.82) is 0 Å². The molecule has 3 heterocycles. The predicted molar refractivity (Wildman–Crippen MR) is 100 cm³/mol. The Balaban J connectivity index is 1.26. The molecule has 1 aromatic heterocycles. The van der Waals surface area contributed by atoms with E-state index in [0.717, 1.165) is 50.4 Å². The fourth-order valence-corrected chi connectivity index (χ4v) is 3.83. The third-order valence-electron chi connectivity index (χ3n) is 5.36. The first-order valence-electron chi connectivity index (χ1n) is 9.57. The second kappa shape index (κ2) is 8.06. The molecule has 5 nitrogen and oxygen atoms in total. The molecule has 26 heavy (non-hydrogen) atoms. The van der Waals surface area contributed by atoms with E-state index in [1.54, 1.807) is 6.26 Å². The maximum absolute atomic E-state index is 12.5. The Bertz CT molecular complexity index is 697. The van der Waals surface area contributed by atoms with Gasteiger partial charge in [0.25, 0.3) is 5.91 Å². The lowest BCUT2D eigenvalue weighted by Crippen LogP contribution is -2.46. The Morgan fingerprint density at radius 2 is 1.92 bits per heavy atom. The summed E-state index contributed by atoms with van der Waals surface area (Å²) in [6.45, 7) is 4.01. The Hall–Kier alpha value is -2.11. The van der Waals surface area contributed by atoms with Crippen molar-refractivity contribution in [1.82, 2.24) is 10.2 Å². The van der Waals surface area contributed by atoms with E-state index >= 15 is 0 Å². The number of carbonyl (C=O) groups excluding carboxylic acids is 1. The number of nitrogens with one attached hydrogen (secondary N) is 1. The molecule has 0 aliphatic carbocycles. The molecule has 138 valence electrons. The molecular weight excluding hydrogens is 328 g/mol. The lowest BCUT2D eigenvalue weighted by molar-refractivity contribution is 0.0613. The third-order valence-corrected chi connectivity index (χ3v) is 5.36. The van der Waals surface area contributed by atoms with Crippen molar-refractivity contribution in [2.24, 2.45) is 0 Å². The standard InChI is InChI=1S/C21H26N2O3/c24-21(17-7-5-16(6-8-17)20-4-2-14-26-20)22-18-9-11-23(12-10-18)15-19-3-1-13-25-19/h2,4-8,14,18-19H,1,3,9-13,15H2,(H,22,24)/t19-/m1/s1. The molecule has 1 atom stereocenters. The van der Waals surface area contributed by atoms with E-state index in [9.17, 15) is 4.79 Å². The van der Waals surface area contributed by atoms with E-state index in [4.69, 9.17) is 9.15 Å². The number of amides is 1. The van der Waals surface area contributed by atoms with Gasteiger partial charge in [0.1, 0.15) is 5.76 Å². The molecule has 0 bridgehead atoms. The summed E-state index contributed by atoms with van der Waals surface area (Å²) in [5.41, 5.74) is 1.68. The Morgan fingerprint density at radius 3 is 2.58 bits per heavy atom. The highest BCUT2D eigenvalue weighted by Crippen LogP contribution is 2.21. The molecule has 2 fully saturated rings. The van der Waals surface area contributed by atoms with Gasteiger partial charge in [-0.3, -0.25) is 4.79 Å². The Kier molecular flexibility index (Phi) is 5.37. The van der Waals surface area contributed by atoms with Crippen molar-refractivity contribution < 1.29 is 13.9 Å². The summed E-state index contributed by atoms with van der Waals surface area (Å²) in [7, 11) is 0. The largest absolute Gasteiger partial charge is 0.464 e. The number of ether oxygens (including phenoxy) is 1. The summed E-state index contributed by atoms with van der Waals surface area (Å²) in [6.07, 6.45) is 6.45. The molecule has 0 unspecified atom stereocenters. The second-order valence-electron chi connectivity index (χ2n) is 7.24. The number of likely N-dealkylation sites (tertiary alicyclic amines) is 1. The van der Waals surface area contributed by atoms with Crippen molar-refractivity contribution in [3.63, 3.8) is 0 Å². The highest BCUT2D eigenvalue weighted by atomic mass is 16.5. The number of nitrogens with zero attached hydrogens (tertiary/aromatic N) is 1. The second-order valence-corrected chi connectivity index (χ2v) is 7.24. The van der Waals surface area contributed by atoms with Crippen molar-refractivity contribution in [2.45, 2.75) is 37.8 Å². The van der Waals surface area contributed by atoms with Crippen LogP contribution < -0.4 is 5.32 Å². The summed E-state index contributed by atoms with van der Waals surface area (Å²) in [5, 5.41) is 3.18. The van der Waals surface area contributed by atoms with Crippen LogP contribution >= 0.6 is 0 Å². The van der Waals surface area contributed by atoms with Crippen LogP contribution in [0.5, 0.6) is 0 Å². The van der Waals surface area contributed by atoms with Gasteiger partial charge in [-0.1, -0.05) is 12.1 Å². The summed E-state index contributed by atoms with van der Waals surface area (Å²) in [6, 6.07) is 11.6. The van der Waals surface area contributed by atoms with Crippen molar-refractivity contribution in [2.75, 3.05) is 26.2 Å². The van der Waals surface area contributed by atoms with Gasteiger partial charge in [0, 0.05) is 43.4 Å². The molecule has 2 aromatic rings. The average Bonchev–Trinajstić information content (AvgIpc) is 3.37. The SMILES string of the molecule is O=C(NC1CCN(C[C@H]2CCCO2)CC1)c1ccc(-c2ccco2)cc1. The fraction of sp³-hybridized carbons (Fsp3) is 0.476. The first-order chi connectivity index (χ1) is 12.8. The van der Waals surface area contributed by atoms with Crippen LogP contribution in [0, 0.1) is 0 Å². The Labute approximate surface area is 154 Å². The van der Waals surface area contributed by atoms with E-state index in [-0.39, 0.29) is 11.9 Å². The number of hydrogen-bond donors (Lipinski definition) is 1. The van der Waals surface area contributed by atoms with Gasteiger partial charge < -0.3 is 19.4 Å². The van der Waals surface area contributed by atoms with Crippen LogP contribution in [0.3, 0.4) is 0 Å². The van der Waals surface area contributed by atoms with E-state index in [0.29, 0.717) is 11.7 Å². The van der Waals surface area contributed by atoms with Gasteiger partial charge in [-0.2, -0.15) is 0 Å². The van der Waals surface area contributed by atoms with Crippen LogP contribution in [-0.4, -0.2) is 49.2 Å². The number of benzene rings is 1. The van der Waals surface area contributed by atoms with Gasteiger partial charge in [0.05, 0.1) is 12.4 Å². The minimum Gasteiger partial charge on any atom is -0.464 e. The van der Waals surface area contributed by atoms with Crippen LogP contribution in [0.15, 0.2) is 47.1 Å². The van der Waals surface area contributed by atoms with Crippen molar-refractivity contribution >= 4 is 5.91 Å². The minimum absolute atomic E-state index is 0.00794. The van der Waals surface area contributed by atoms with Gasteiger partial charge in [-0.25, -0.2) is 0 Å². The third kappa shape index (κ3) is 4.17. The highest BCUT2D eigenvalue weighted by Gasteiger charge is 2.24. The zero-order valence-corrected chi connectivity index (χ0v) is 15.0. The number of carbonyl (C=O) groups is 1. The van der Waals surface area contributed by atoms with Crippen molar-refractivity contribution in [3.05, 3.63) is 48.2 Å². The molecule has 0 spiro atoms. The van der Waals surface area contributed by atoms with Crippen LogP contribution in [0.2, 0.25) is 0 Å². The summed E-state index contributed by atoms with van der Waals surface area (Å²) in [5.74, 6) is 0.823. The van der Waals surface area contributed by atoms with Crippen LogP contribution in [-0.2, 0) is 4.74 Å². The van der Waals surface area contributed by atoms with Gasteiger partial charge in [0.2, 0.25) is 0 Å². The van der Waals surface area contributed by atoms with Crippen molar-refractivity contribution in [3.8, 4) is 11.3 Å². The van der Waals surface area contributed by atoms with Gasteiger partial charge in [0.15, 0.2) is 0 Å². The summed E-state index contributed by atoms with van der Waals surface area (Å²) < 4.78 is 11.1. The molecule has 4 rings (SSSR count). The maximum Gasteiger partial charge on any atom is 0.251 e. The predicted octanol–water partition coefficient (Wildman–Crippen LogP) is 3.32. The molecule has 1 amide bonds. The van der Waals surface area contributed by atoms with Gasteiger partial charge in [-0.15, -0.1) is 0 Å². The molecule has 2 saturated heterocycles. The minimum atomic E-state index is 0.00794. The molecule has 5 heteroatoms. The normalized spacial score (nSPS) is 21.8. The molecular formula is C21H26N2O3. The molecule has 2 aliphatic rings. The first kappa shape index (κ1) is 17.3. The number of furan rings is 1. The van der Waals surface area contributed by atoms with Crippen LogP contribution in [0.4, 0.5) is 0 Å². The van der Waals surface area contributed by atoms with Gasteiger partial charge in [-0.05, 0) is 49.9 Å². The zero-order valence-electron chi connectivity index (χ0n) is 15.0. The molecule has 1 aromatic carbocycles. The van der Waals surface area contributed by atoms with E-state index < -0.39 is 0 Å². The highest BCUT2D eigenvalue weighted by molar-refractivity contribution is 5.94. The topological polar surface area (TPSA) is 54.7 Å². The average molecular weight is 354 g/mol. The van der Waals surface area contributed by atoms with E-state index in [1.807, 2.05) is 36.4 Å². The molecule has 2 aliphatic heterocycles. The fourth-order valence-electron chi connectivity index (χ4n) is 3.83. The van der Waals surface area contributed by atoms with Crippen LogP contribution in [0.1, 0.15) is 36.0 Å².